The lowest BCUT2D eigenvalue weighted by Crippen LogP contribution is -2.74. The van der Waals surface area contributed by atoms with Crippen molar-refractivity contribution < 1.29 is 14.9 Å². The Hall–Kier alpha value is -3.28. The average Bonchev–Trinajstić information content (AvgIpc) is 3.55. The van der Waals surface area contributed by atoms with Gasteiger partial charge in [0.05, 0.1) is 16.7 Å². The van der Waals surface area contributed by atoms with Crippen molar-refractivity contribution in [2.45, 2.75) is 55.3 Å². The number of H-pyrrole nitrogens is 1. The molecule has 2 aliphatic heterocycles. The van der Waals surface area contributed by atoms with E-state index in [2.05, 4.69) is 58.4 Å². The van der Waals surface area contributed by atoms with E-state index in [1.807, 2.05) is 6.07 Å². The number of piperidine rings is 1. The van der Waals surface area contributed by atoms with Gasteiger partial charge in [0, 0.05) is 35.5 Å². The first-order valence-electron chi connectivity index (χ1n) is 13.8. The Labute approximate surface area is 215 Å². The highest BCUT2D eigenvalue weighted by atomic mass is 16.5. The summed E-state index contributed by atoms with van der Waals surface area (Å²) in [6, 6.07) is 21.0. The van der Waals surface area contributed by atoms with E-state index in [1.165, 1.54) is 40.5 Å². The van der Waals surface area contributed by atoms with Crippen LogP contribution in [0.3, 0.4) is 0 Å². The Balaban J connectivity index is 1.27. The van der Waals surface area contributed by atoms with Gasteiger partial charge in [-0.25, -0.2) is 0 Å². The molecule has 3 aliphatic carbocycles. The molecule has 5 aliphatic rings. The predicted molar refractivity (Wildman–Crippen MR) is 142 cm³/mol. The largest absolute Gasteiger partial charge is 0.504 e. The van der Waals surface area contributed by atoms with Crippen LogP contribution in [0.5, 0.6) is 11.5 Å². The molecular weight excluding hydrogens is 460 g/mol. The van der Waals surface area contributed by atoms with Crippen molar-refractivity contribution in [2.24, 2.45) is 5.92 Å². The van der Waals surface area contributed by atoms with Crippen LogP contribution < -0.4 is 4.74 Å². The van der Waals surface area contributed by atoms with Gasteiger partial charge in [-0.1, -0.05) is 48.5 Å². The summed E-state index contributed by atoms with van der Waals surface area (Å²) in [6.45, 7) is 2.04. The maximum atomic E-state index is 12.9. The Morgan fingerprint density at radius 3 is 2.73 bits per heavy atom. The number of nitrogens with zero attached hydrogens (tertiary/aromatic N) is 1. The topological polar surface area (TPSA) is 68.7 Å². The highest BCUT2D eigenvalue weighted by Crippen LogP contribution is 2.69. The first kappa shape index (κ1) is 20.7. The molecule has 2 fully saturated rings. The molecule has 1 saturated heterocycles. The van der Waals surface area contributed by atoms with Crippen LogP contribution >= 0.6 is 0 Å². The Bertz CT molecular complexity index is 1610. The van der Waals surface area contributed by atoms with E-state index in [4.69, 9.17) is 4.74 Å². The zero-order chi connectivity index (χ0) is 24.5. The smallest absolute Gasteiger partial charge is 0.166 e. The molecule has 2 bridgehead atoms. The van der Waals surface area contributed by atoms with Crippen molar-refractivity contribution in [2.75, 3.05) is 13.1 Å². The van der Waals surface area contributed by atoms with Crippen molar-refractivity contribution in [3.63, 3.8) is 0 Å². The van der Waals surface area contributed by atoms with Crippen LogP contribution in [0.4, 0.5) is 0 Å². The van der Waals surface area contributed by atoms with Crippen molar-refractivity contribution in [1.82, 2.24) is 9.88 Å². The minimum absolute atomic E-state index is 0.0534. The van der Waals surface area contributed by atoms with Crippen molar-refractivity contribution in [3.05, 3.63) is 83.0 Å². The van der Waals surface area contributed by atoms with Crippen LogP contribution in [0.2, 0.25) is 0 Å². The number of likely N-dealkylation sites (tertiary alicyclic amines) is 1. The number of phenolic OH excluding ortho intramolecular Hbond substituents is 1. The lowest BCUT2D eigenvalue weighted by atomic mass is 9.49. The van der Waals surface area contributed by atoms with Gasteiger partial charge in [-0.3, -0.25) is 4.90 Å². The van der Waals surface area contributed by atoms with Gasteiger partial charge >= 0.3 is 0 Å². The molecule has 0 radical (unpaired) electrons. The normalized spacial score (nSPS) is 31.2. The third-order valence-electron chi connectivity index (χ3n) is 10.3. The van der Waals surface area contributed by atoms with Crippen LogP contribution in [-0.2, 0) is 18.3 Å². The molecule has 1 aromatic heterocycles. The number of aromatic amines is 1. The number of fused-ring (bicyclic) bond motifs is 4. The lowest BCUT2D eigenvalue weighted by molar-refractivity contribution is -0.173. The number of hydrogen-bond acceptors (Lipinski definition) is 4. The molecule has 1 spiro atoms. The number of nitrogens with one attached hydrogen (secondary N) is 1. The number of ether oxygens (including phenoxy) is 1. The fraction of sp³-hybridized carbons (Fsp3) is 0.375. The molecular formula is C32H30N2O3. The minimum Gasteiger partial charge on any atom is -0.504 e. The standard InChI is InChI=1S/C32H30N2O3/c35-25-11-9-21-15-26-32(36)16-23-22-10-8-20(19-4-2-1-3-5-19)14-24(22)33-28(23)30-31(32,27(21)29(25)37-30)12-13-34(26)17-18-6-7-18/h1-5,8-11,14,18,26,30,33,35-36H,6-7,12-13,15-17H2/t26-,30+,31+,32-/m1/s1. The van der Waals surface area contributed by atoms with Gasteiger partial charge in [0.1, 0.15) is 0 Å². The van der Waals surface area contributed by atoms with Crippen LogP contribution in [0, 0.1) is 5.92 Å². The number of aromatic nitrogens is 1. The zero-order valence-electron chi connectivity index (χ0n) is 20.7. The molecule has 0 unspecified atom stereocenters. The van der Waals surface area contributed by atoms with Crippen LogP contribution in [0.15, 0.2) is 60.7 Å². The molecule has 3 aromatic carbocycles. The van der Waals surface area contributed by atoms with E-state index in [1.54, 1.807) is 6.07 Å². The highest BCUT2D eigenvalue weighted by molar-refractivity contribution is 5.90. The number of hydrogen-bond donors (Lipinski definition) is 3. The third-order valence-corrected chi connectivity index (χ3v) is 10.3. The Morgan fingerprint density at radius 1 is 1.03 bits per heavy atom. The maximum Gasteiger partial charge on any atom is 0.166 e. The zero-order valence-corrected chi connectivity index (χ0v) is 20.7. The number of aromatic hydroxyl groups is 1. The van der Waals surface area contributed by atoms with E-state index in [0.717, 1.165) is 48.6 Å². The molecule has 4 atom stereocenters. The summed E-state index contributed by atoms with van der Waals surface area (Å²) in [4.78, 5) is 6.34. The first-order chi connectivity index (χ1) is 18.1. The molecule has 37 heavy (non-hydrogen) atoms. The molecule has 4 aromatic rings. The second-order valence-corrected chi connectivity index (χ2v) is 12.1. The number of phenols is 1. The fourth-order valence-electron chi connectivity index (χ4n) is 8.44. The maximum absolute atomic E-state index is 12.9. The summed E-state index contributed by atoms with van der Waals surface area (Å²) >= 11 is 0. The Morgan fingerprint density at radius 2 is 1.89 bits per heavy atom. The SMILES string of the molecule is Oc1ccc2c3c1O[C@H]1c4[nH]c5cc(-c6ccccc6)ccc5c4C[C@@]4(O)[C@@H](C2)N(CC2CC2)CC[C@]314. The lowest BCUT2D eigenvalue weighted by Gasteiger charge is -2.62. The second kappa shape index (κ2) is 6.77. The predicted octanol–water partition coefficient (Wildman–Crippen LogP) is 5.24. The van der Waals surface area contributed by atoms with Gasteiger partial charge in [-0.2, -0.15) is 0 Å². The summed E-state index contributed by atoms with van der Waals surface area (Å²) in [5, 5.41) is 25.0. The Kier molecular flexibility index (Phi) is 3.80. The van der Waals surface area contributed by atoms with Crippen LogP contribution in [-0.4, -0.2) is 44.8 Å². The molecule has 9 rings (SSSR count). The van der Waals surface area contributed by atoms with Gasteiger partial charge in [-0.05, 0) is 72.5 Å². The molecule has 3 heterocycles. The van der Waals surface area contributed by atoms with E-state index in [0.29, 0.717) is 12.2 Å². The minimum atomic E-state index is -0.947. The van der Waals surface area contributed by atoms with Crippen LogP contribution in [0.25, 0.3) is 22.0 Å². The molecule has 186 valence electrons. The highest BCUT2D eigenvalue weighted by Gasteiger charge is 2.72. The molecule has 1 saturated carbocycles. The summed E-state index contributed by atoms with van der Waals surface area (Å²) in [7, 11) is 0. The monoisotopic (exact) mass is 490 g/mol. The number of benzene rings is 3. The molecule has 0 amide bonds. The van der Waals surface area contributed by atoms with E-state index >= 15 is 0 Å². The van der Waals surface area contributed by atoms with Gasteiger partial charge in [-0.15, -0.1) is 0 Å². The fourth-order valence-corrected chi connectivity index (χ4v) is 8.44. The molecule has 3 N–H and O–H groups in total. The van der Waals surface area contributed by atoms with E-state index < -0.39 is 11.0 Å². The summed E-state index contributed by atoms with van der Waals surface area (Å²) < 4.78 is 6.71. The summed E-state index contributed by atoms with van der Waals surface area (Å²) in [5.74, 6) is 1.55. The van der Waals surface area contributed by atoms with Gasteiger partial charge in [0.25, 0.3) is 0 Å². The first-order valence-corrected chi connectivity index (χ1v) is 13.8. The van der Waals surface area contributed by atoms with Gasteiger partial charge in [0.15, 0.2) is 17.6 Å². The van der Waals surface area contributed by atoms with Crippen molar-refractivity contribution in [1.29, 1.82) is 0 Å². The van der Waals surface area contributed by atoms with Gasteiger partial charge in [0.2, 0.25) is 0 Å². The number of aliphatic hydroxyl groups is 1. The average molecular weight is 491 g/mol. The summed E-state index contributed by atoms with van der Waals surface area (Å²) in [6.07, 6.45) is 4.53. The molecule has 5 heteroatoms. The second-order valence-electron chi connectivity index (χ2n) is 12.1. The van der Waals surface area contributed by atoms with Gasteiger partial charge < -0.3 is 19.9 Å². The van der Waals surface area contributed by atoms with E-state index in [-0.39, 0.29) is 17.9 Å². The molecule has 5 nitrogen and oxygen atoms in total. The van der Waals surface area contributed by atoms with Crippen molar-refractivity contribution in [3.8, 4) is 22.6 Å². The van der Waals surface area contributed by atoms with Crippen LogP contribution in [0.1, 0.15) is 47.8 Å². The third kappa shape index (κ3) is 2.47. The van der Waals surface area contributed by atoms with E-state index in [9.17, 15) is 10.2 Å². The summed E-state index contributed by atoms with van der Waals surface area (Å²) in [5.41, 5.74) is 6.49. The quantitative estimate of drug-likeness (QED) is 0.367. The number of rotatable bonds is 3. The van der Waals surface area contributed by atoms with Crippen molar-refractivity contribution >= 4 is 10.9 Å².